The Bertz CT molecular complexity index is 327. The molecule has 0 amide bonds. The average Bonchev–Trinajstić information content (AvgIpc) is 3.05. The molecule has 1 aromatic rings. The van der Waals surface area contributed by atoms with Crippen LogP contribution in [0.25, 0.3) is 0 Å². The summed E-state index contributed by atoms with van der Waals surface area (Å²) in [6.07, 6.45) is 1.27. The molecule has 3 heteroatoms. The van der Waals surface area contributed by atoms with Crippen LogP contribution in [0.5, 0.6) is 5.75 Å². The Morgan fingerprint density at radius 3 is 3.00 bits per heavy atom. The molecule has 1 aliphatic rings. The summed E-state index contributed by atoms with van der Waals surface area (Å²) in [6, 6.07) is 8.02. The molecule has 1 aromatic carbocycles. The molecule has 0 bridgehead atoms. The number of anilines is 1. The monoisotopic (exact) mass is 206 g/mol. The highest BCUT2D eigenvalue weighted by molar-refractivity contribution is 5.48. The lowest BCUT2D eigenvalue weighted by Gasteiger charge is -2.07. The van der Waals surface area contributed by atoms with Crippen LogP contribution in [0.15, 0.2) is 24.3 Å². The first-order valence-electron chi connectivity index (χ1n) is 5.41. The number of ether oxygens (including phenoxy) is 1. The number of hydrogen-bond acceptors (Lipinski definition) is 3. The van der Waals surface area contributed by atoms with Gasteiger partial charge in [0.05, 0.1) is 7.11 Å². The number of methoxy groups -OCH3 is 1. The zero-order chi connectivity index (χ0) is 10.7. The molecule has 0 saturated heterocycles. The standard InChI is InChI=1S/C12H18N2O/c1-15-12-4-2-3-11(6-12)14-8-10-5-9(10)7-13/h2-4,6,9-10,14H,5,7-8,13H2,1H3/t9-,10+/m1/s1. The Morgan fingerprint density at radius 1 is 1.47 bits per heavy atom. The minimum atomic E-state index is 0.739. The maximum atomic E-state index is 5.59. The van der Waals surface area contributed by atoms with E-state index in [1.807, 2.05) is 18.2 Å². The van der Waals surface area contributed by atoms with Crippen LogP contribution in [0.1, 0.15) is 6.42 Å². The summed E-state index contributed by atoms with van der Waals surface area (Å²) < 4.78 is 5.16. The van der Waals surface area contributed by atoms with Gasteiger partial charge < -0.3 is 15.8 Å². The van der Waals surface area contributed by atoms with Crippen LogP contribution in [0.4, 0.5) is 5.69 Å². The fraction of sp³-hybridized carbons (Fsp3) is 0.500. The molecule has 1 aliphatic carbocycles. The molecule has 0 heterocycles. The molecule has 0 aromatic heterocycles. The van der Waals surface area contributed by atoms with E-state index in [0.717, 1.165) is 36.4 Å². The first kappa shape index (κ1) is 10.3. The molecular weight excluding hydrogens is 188 g/mol. The van der Waals surface area contributed by atoms with E-state index in [2.05, 4.69) is 11.4 Å². The quantitative estimate of drug-likeness (QED) is 0.771. The van der Waals surface area contributed by atoms with Gasteiger partial charge in [-0.05, 0) is 36.9 Å². The van der Waals surface area contributed by atoms with Gasteiger partial charge >= 0.3 is 0 Å². The minimum Gasteiger partial charge on any atom is -0.497 e. The second-order valence-electron chi connectivity index (χ2n) is 4.10. The summed E-state index contributed by atoms with van der Waals surface area (Å²) in [4.78, 5) is 0. The third-order valence-electron chi connectivity index (χ3n) is 3.01. The van der Waals surface area contributed by atoms with Gasteiger partial charge in [0.1, 0.15) is 5.75 Å². The summed E-state index contributed by atoms with van der Waals surface area (Å²) >= 11 is 0. The van der Waals surface area contributed by atoms with Crippen LogP contribution < -0.4 is 15.8 Å². The van der Waals surface area contributed by atoms with E-state index in [1.54, 1.807) is 7.11 Å². The van der Waals surface area contributed by atoms with E-state index < -0.39 is 0 Å². The maximum Gasteiger partial charge on any atom is 0.120 e. The molecule has 0 spiro atoms. The molecular formula is C12H18N2O. The van der Waals surface area contributed by atoms with Crippen molar-refractivity contribution in [2.75, 3.05) is 25.5 Å². The third-order valence-corrected chi connectivity index (χ3v) is 3.01. The molecule has 15 heavy (non-hydrogen) atoms. The van der Waals surface area contributed by atoms with Crippen LogP contribution >= 0.6 is 0 Å². The second kappa shape index (κ2) is 4.53. The predicted molar refractivity (Wildman–Crippen MR) is 62.1 cm³/mol. The summed E-state index contributed by atoms with van der Waals surface area (Å²) in [5, 5.41) is 3.41. The molecule has 3 nitrogen and oxygen atoms in total. The lowest BCUT2D eigenvalue weighted by atomic mass is 10.2. The SMILES string of the molecule is COc1cccc(NC[C@@H]2C[C@@H]2CN)c1. The van der Waals surface area contributed by atoms with Gasteiger partial charge in [0.15, 0.2) is 0 Å². The van der Waals surface area contributed by atoms with E-state index in [1.165, 1.54) is 6.42 Å². The largest absolute Gasteiger partial charge is 0.497 e. The van der Waals surface area contributed by atoms with E-state index in [4.69, 9.17) is 10.5 Å². The highest BCUT2D eigenvalue weighted by Crippen LogP contribution is 2.37. The Labute approximate surface area is 90.6 Å². The zero-order valence-electron chi connectivity index (χ0n) is 9.07. The fourth-order valence-corrected chi connectivity index (χ4v) is 1.83. The van der Waals surface area contributed by atoms with Crippen LogP contribution in [-0.4, -0.2) is 20.2 Å². The van der Waals surface area contributed by atoms with Gasteiger partial charge in [-0.2, -0.15) is 0 Å². The second-order valence-corrected chi connectivity index (χ2v) is 4.10. The van der Waals surface area contributed by atoms with Gasteiger partial charge in [-0.25, -0.2) is 0 Å². The third kappa shape index (κ3) is 2.63. The van der Waals surface area contributed by atoms with Crippen molar-refractivity contribution in [1.29, 1.82) is 0 Å². The molecule has 3 N–H and O–H groups in total. The van der Waals surface area contributed by atoms with E-state index in [-0.39, 0.29) is 0 Å². The molecule has 0 radical (unpaired) electrons. The summed E-state index contributed by atoms with van der Waals surface area (Å²) in [5.74, 6) is 2.40. The van der Waals surface area contributed by atoms with Crippen LogP contribution in [-0.2, 0) is 0 Å². The van der Waals surface area contributed by atoms with Gasteiger partial charge in [-0.15, -0.1) is 0 Å². The Morgan fingerprint density at radius 2 is 2.33 bits per heavy atom. The maximum absolute atomic E-state index is 5.59. The number of hydrogen-bond donors (Lipinski definition) is 2. The van der Waals surface area contributed by atoms with Gasteiger partial charge in [-0.3, -0.25) is 0 Å². The lowest BCUT2D eigenvalue weighted by Crippen LogP contribution is -2.09. The van der Waals surface area contributed by atoms with Crippen LogP contribution in [0, 0.1) is 11.8 Å². The van der Waals surface area contributed by atoms with Crippen LogP contribution in [0.3, 0.4) is 0 Å². The first-order chi connectivity index (χ1) is 7.33. The van der Waals surface area contributed by atoms with Crippen molar-refractivity contribution in [3.8, 4) is 5.75 Å². The average molecular weight is 206 g/mol. The van der Waals surface area contributed by atoms with Crippen molar-refractivity contribution in [3.63, 3.8) is 0 Å². The summed E-state index contributed by atoms with van der Waals surface area (Å²) in [6.45, 7) is 1.85. The highest BCUT2D eigenvalue weighted by atomic mass is 16.5. The molecule has 2 atom stereocenters. The Hall–Kier alpha value is -1.22. The molecule has 0 aliphatic heterocycles. The van der Waals surface area contributed by atoms with Gasteiger partial charge in [0.25, 0.3) is 0 Å². The molecule has 1 fully saturated rings. The van der Waals surface area contributed by atoms with Gasteiger partial charge in [0, 0.05) is 18.3 Å². The summed E-state index contributed by atoms with van der Waals surface area (Å²) in [5.41, 5.74) is 6.71. The number of nitrogens with one attached hydrogen (secondary N) is 1. The number of rotatable bonds is 5. The van der Waals surface area contributed by atoms with Gasteiger partial charge in [-0.1, -0.05) is 6.07 Å². The fourth-order valence-electron chi connectivity index (χ4n) is 1.83. The van der Waals surface area contributed by atoms with Crippen molar-refractivity contribution >= 4 is 5.69 Å². The molecule has 1 saturated carbocycles. The molecule has 82 valence electrons. The molecule has 2 rings (SSSR count). The first-order valence-corrected chi connectivity index (χ1v) is 5.41. The van der Waals surface area contributed by atoms with Crippen LogP contribution in [0.2, 0.25) is 0 Å². The van der Waals surface area contributed by atoms with Crippen molar-refractivity contribution in [2.45, 2.75) is 6.42 Å². The van der Waals surface area contributed by atoms with E-state index >= 15 is 0 Å². The van der Waals surface area contributed by atoms with Crippen molar-refractivity contribution in [1.82, 2.24) is 0 Å². The number of benzene rings is 1. The highest BCUT2D eigenvalue weighted by Gasteiger charge is 2.34. The van der Waals surface area contributed by atoms with Crippen molar-refractivity contribution in [3.05, 3.63) is 24.3 Å². The zero-order valence-corrected chi connectivity index (χ0v) is 9.07. The normalized spacial score (nSPS) is 23.6. The predicted octanol–water partition coefficient (Wildman–Crippen LogP) is 1.70. The van der Waals surface area contributed by atoms with E-state index in [9.17, 15) is 0 Å². The van der Waals surface area contributed by atoms with Gasteiger partial charge in [0.2, 0.25) is 0 Å². The van der Waals surface area contributed by atoms with Crippen molar-refractivity contribution in [2.24, 2.45) is 17.6 Å². The van der Waals surface area contributed by atoms with E-state index in [0.29, 0.717) is 0 Å². The number of nitrogens with two attached hydrogens (primary N) is 1. The molecule has 0 unspecified atom stereocenters. The van der Waals surface area contributed by atoms with Crippen molar-refractivity contribution < 1.29 is 4.74 Å². The Balaban J connectivity index is 1.83. The minimum absolute atomic E-state index is 0.739. The summed E-state index contributed by atoms with van der Waals surface area (Å²) in [7, 11) is 1.68. The smallest absolute Gasteiger partial charge is 0.120 e. The Kier molecular flexibility index (Phi) is 3.11. The topological polar surface area (TPSA) is 47.3 Å². The lowest BCUT2D eigenvalue weighted by molar-refractivity contribution is 0.415.